The Balaban J connectivity index is 2.12. The Hall–Kier alpha value is -2.66. The number of hydrogen-bond donors (Lipinski definition) is 0. The van der Waals surface area contributed by atoms with Gasteiger partial charge in [-0.05, 0) is 66.4 Å². The molecule has 3 unspecified atom stereocenters. The predicted molar refractivity (Wildman–Crippen MR) is 151 cm³/mol. The Morgan fingerprint density at radius 2 is 2.00 bits per heavy atom. The third-order valence-electron chi connectivity index (χ3n) is 8.18. The van der Waals surface area contributed by atoms with E-state index in [1.165, 1.54) is 67.5 Å². The van der Waals surface area contributed by atoms with Gasteiger partial charge in [0.2, 0.25) is 0 Å². The number of rotatable bonds is 9. The summed E-state index contributed by atoms with van der Waals surface area (Å²) in [5.41, 5.74) is 8.22. The monoisotopic (exact) mass is 468 g/mol. The molecule has 1 aliphatic carbocycles. The lowest BCUT2D eigenvalue weighted by atomic mass is 9.78. The molecule has 0 aromatic heterocycles. The molecule has 35 heavy (non-hydrogen) atoms. The second-order valence-corrected chi connectivity index (χ2v) is 10.6. The lowest BCUT2D eigenvalue weighted by Gasteiger charge is -2.30. The molecule has 0 amide bonds. The minimum absolute atomic E-state index is 0.477. The van der Waals surface area contributed by atoms with Crippen LogP contribution in [0.5, 0.6) is 0 Å². The molecular formula is C33H44N2. The second-order valence-electron chi connectivity index (χ2n) is 10.6. The normalized spacial score (nSPS) is 22.7. The summed E-state index contributed by atoms with van der Waals surface area (Å²) in [4.78, 5) is 5.54. The lowest BCUT2D eigenvalue weighted by Crippen LogP contribution is -2.25. The van der Waals surface area contributed by atoms with Gasteiger partial charge in [-0.15, -0.1) is 0 Å². The SMILES string of the molecule is C=C/C(=C\C=C(/C)C#N)c1ccc2c(c1)CC=C(C1CCCC[C@@H]1C)N=C2C(CCC)C(C)CC. The molecule has 1 heterocycles. The van der Waals surface area contributed by atoms with E-state index < -0.39 is 0 Å². The van der Waals surface area contributed by atoms with Crippen LogP contribution in [-0.4, -0.2) is 5.71 Å². The van der Waals surface area contributed by atoms with E-state index in [0.717, 1.165) is 17.6 Å². The fourth-order valence-electron chi connectivity index (χ4n) is 5.74. The van der Waals surface area contributed by atoms with Crippen molar-refractivity contribution in [3.05, 3.63) is 77.0 Å². The van der Waals surface area contributed by atoms with E-state index in [1.54, 1.807) is 0 Å². The average molecular weight is 469 g/mol. The minimum atomic E-state index is 0.477. The number of hydrogen-bond acceptors (Lipinski definition) is 2. The topological polar surface area (TPSA) is 36.1 Å². The number of benzene rings is 1. The number of nitriles is 1. The molecule has 1 fully saturated rings. The van der Waals surface area contributed by atoms with Gasteiger partial charge < -0.3 is 0 Å². The molecule has 0 spiro atoms. The highest BCUT2D eigenvalue weighted by Gasteiger charge is 2.30. The number of fused-ring (bicyclic) bond motifs is 1. The van der Waals surface area contributed by atoms with Gasteiger partial charge in [0.1, 0.15) is 0 Å². The van der Waals surface area contributed by atoms with Crippen LogP contribution in [0.2, 0.25) is 0 Å². The molecule has 0 saturated heterocycles. The first-order chi connectivity index (χ1) is 16.9. The van der Waals surface area contributed by atoms with E-state index in [0.29, 0.717) is 29.2 Å². The van der Waals surface area contributed by atoms with Gasteiger partial charge >= 0.3 is 0 Å². The van der Waals surface area contributed by atoms with Crippen LogP contribution in [0.4, 0.5) is 0 Å². The Morgan fingerprint density at radius 3 is 2.66 bits per heavy atom. The van der Waals surface area contributed by atoms with Gasteiger partial charge in [-0.2, -0.15) is 5.26 Å². The summed E-state index contributed by atoms with van der Waals surface area (Å²) in [6.45, 7) is 15.3. The molecule has 4 atom stereocenters. The summed E-state index contributed by atoms with van der Waals surface area (Å²) in [7, 11) is 0. The third kappa shape index (κ3) is 6.52. The molecule has 1 aromatic carbocycles. The minimum Gasteiger partial charge on any atom is -0.257 e. The zero-order valence-corrected chi connectivity index (χ0v) is 22.6. The number of nitrogens with zero attached hydrogens (tertiary/aromatic N) is 2. The summed E-state index contributed by atoms with van der Waals surface area (Å²) in [5, 5.41) is 9.13. The summed E-state index contributed by atoms with van der Waals surface area (Å²) in [6, 6.07) is 9.04. The van der Waals surface area contributed by atoms with Crippen molar-refractivity contribution in [2.75, 3.05) is 0 Å². The van der Waals surface area contributed by atoms with E-state index in [2.05, 4.69) is 64.6 Å². The Bertz CT molecular complexity index is 1060. The number of allylic oxidation sites excluding steroid dienone is 7. The first-order valence-electron chi connectivity index (χ1n) is 13.8. The summed E-state index contributed by atoms with van der Waals surface area (Å²) < 4.78 is 0. The average Bonchev–Trinajstić information content (AvgIpc) is 3.06. The van der Waals surface area contributed by atoms with Crippen LogP contribution in [0, 0.1) is 35.0 Å². The van der Waals surface area contributed by atoms with Gasteiger partial charge in [-0.25, -0.2) is 0 Å². The van der Waals surface area contributed by atoms with Crippen molar-refractivity contribution in [3.8, 4) is 6.07 Å². The molecule has 2 nitrogen and oxygen atoms in total. The van der Waals surface area contributed by atoms with Crippen LogP contribution < -0.4 is 0 Å². The molecule has 186 valence electrons. The second kappa shape index (κ2) is 12.9. The summed E-state index contributed by atoms with van der Waals surface area (Å²) >= 11 is 0. The van der Waals surface area contributed by atoms with E-state index in [4.69, 9.17) is 10.3 Å². The van der Waals surface area contributed by atoms with Crippen LogP contribution >= 0.6 is 0 Å². The standard InChI is InChI=1S/C33H44N2/c1-7-12-30(24(5)8-2)33-31-19-17-27(26(9-3)16-15-23(4)22-34)21-28(31)18-20-32(35-33)29-14-11-10-13-25(29)6/h9,15-17,19-21,24-25,29-30H,3,7-8,10-14,18H2,1-2,4-6H3/b23-15+,26-16+/t24?,25-,29?,30?/m0/s1. The highest BCUT2D eigenvalue weighted by Crippen LogP contribution is 2.39. The quantitative estimate of drug-likeness (QED) is 0.263. The molecule has 2 heteroatoms. The van der Waals surface area contributed by atoms with Crippen molar-refractivity contribution < 1.29 is 0 Å². The van der Waals surface area contributed by atoms with Gasteiger partial charge in [-0.1, -0.05) is 103 Å². The van der Waals surface area contributed by atoms with Crippen molar-refractivity contribution in [1.82, 2.24) is 0 Å². The van der Waals surface area contributed by atoms with Crippen LogP contribution in [0.3, 0.4) is 0 Å². The van der Waals surface area contributed by atoms with Gasteiger partial charge in [0.25, 0.3) is 0 Å². The first kappa shape index (κ1) is 26.9. The van der Waals surface area contributed by atoms with Crippen LogP contribution in [0.25, 0.3) is 5.57 Å². The van der Waals surface area contributed by atoms with Crippen molar-refractivity contribution >= 4 is 11.3 Å². The van der Waals surface area contributed by atoms with Gasteiger partial charge in [0.15, 0.2) is 0 Å². The van der Waals surface area contributed by atoms with Gasteiger partial charge in [0.05, 0.1) is 11.8 Å². The fourth-order valence-corrected chi connectivity index (χ4v) is 5.74. The van der Waals surface area contributed by atoms with Crippen LogP contribution in [-0.2, 0) is 6.42 Å². The molecule has 2 aliphatic rings. The molecule has 0 N–H and O–H groups in total. The largest absolute Gasteiger partial charge is 0.257 e. The summed E-state index contributed by atoms with van der Waals surface area (Å²) in [5.74, 6) is 2.36. The summed E-state index contributed by atoms with van der Waals surface area (Å²) in [6.07, 6.45) is 17.9. The highest BCUT2D eigenvalue weighted by molar-refractivity contribution is 6.05. The first-order valence-corrected chi connectivity index (χ1v) is 13.8. The van der Waals surface area contributed by atoms with Crippen molar-refractivity contribution in [2.45, 2.75) is 86.0 Å². The Kier molecular flexibility index (Phi) is 9.91. The van der Waals surface area contributed by atoms with Gasteiger partial charge in [-0.3, -0.25) is 4.99 Å². The van der Waals surface area contributed by atoms with Gasteiger partial charge in [0, 0.05) is 23.1 Å². The molecule has 0 radical (unpaired) electrons. The molecule has 1 aliphatic heterocycles. The fraction of sp³-hybridized carbons (Fsp3) is 0.515. The smallest absolute Gasteiger partial charge is 0.0944 e. The molecule has 0 bridgehead atoms. The molecule has 1 aromatic rings. The molecule has 1 saturated carbocycles. The highest BCUT2D eigenvalue weighted by atomic mass is 14.8. The molecule has 3 rings (SSSR count). The maximum Gasteiger partial charge on any atom is 0.0944 e. The van der Waals surface area contributed by atoms with Crippen LogP contribution in [0.1, 0.15) is 96.3 Å². The maximum absolute atomic E-state index is 9.13. The molecular weight excluding hydrogens is 424 g/mol. The Morgan fingerprint density at radius 1 is 1.23 bits per heavy atom. The van der Waals surface area contributed by atoms with E-state index in [-0.39, 0.29) is 0 Å². The predicted octanol–water partition coefficient (Wildman–Crippen LogP) is 9.24. The van der Waals surface area contributed by atoms with E-state index in [9.17, 15) is 0 Å². The zero-order valence-electron chi connectivity index (χ0n) is 22.6. The van der Waals surface area contributed by atoms with E-state index in [1.807, 2.05) is 25.2 Å². The maximum atomic E-state index is 9.13. The Labute approximate surface area is 214 Å². The van der Waals surface area contributed by atoms with Crippen molar-refractivity contribution in [1.29, 1.82) is 5.26 Å². The van der Waals surface area contributed by atoms with Crippen LogP contribution in [0.15, 0.2) is 65.3 Å². The zero-order chi connectivity index (χ0) is 25.4. The number of aliphatic imine (C=N–C) groups is 1. The van der Waals surface area contributed by atoms with E-state index >= 15 is 0 Å². The van der Waals surface area contributed by atoms with Crippen molar-refractivity contribution in [3.63, 3.8) is 0 Å². The lowest BCUT2D eigenvalue weighted by molar-refractivity contribution is 0.291. The van der Waals surface area contributed by atoms with Crippen molar-refractivity contribution in [2.24, 2.45) is 28.7 Å². The third-order valence-corrected chi connectivity index (χ3v) is 8.18.